The van der Waals surface area contributed by atoms with Gasteiger partial charge in [0.25, 0.3) is 0 Å². The van der Waals surface area contributed by atoms with Crippen LogP contribution in [0.3, 0.4) is 0 Å². The minimum atomic E-state index is 0.924. The van der Waals surface area contributed by atoms with Crippen molar-refractivity contribution in [2.45, 2.75) is 0 Å². The highest BCUT2D eigenvalue weighted by Crippen LogP contribution is 2.12. The second-order valence-electron chi connectivity index (χ2n) is 2.51. The Morgan fingerprint density at radius 1 is 1.25 bits per heavy atom. The Kier molecular flexibility index (Phi) is 1.59. The lowest BCUT2D eigenvalue weighted by molar-refractivity contribution is 0.770. The molecule has 12 heavy (non-hydrogen) atoms. The quantitative estimate of drug-likeness (QED) is 0.622. The number of aromatic nitrogens is 4. The highest BCUT2D eigenvalue weighted by Gasteiger charge is 1.98. The van der Waals surface area contributed by atoms with Gasteiger partial charge in [-0.15, -0.1) is 0 Å². The Hall–Kier alpha value is -1.71. The molecular formula is C8H8N4. The third-order valence-corrected chi connectivity index (χ3v) is 1.59. The van der Waals surface area contributed by atoms with Crippen molar-refractivity contribution in [3.8, 4) is 11.3 Å². The lowest BCUT2D eigenvalue weighted by atomic mass is 10.2. The van der Waals surface area contributed by atoms with Crippen molar-refractivity contribution in [1.82, 2.24) is 20.0 Å². The maximum atomic E-state index is 4.23. The number of aryl methyl sites for hydroxylation is 1. The third-order valence-electron chi connectivity index (χ3n) is 1.59. The molecule has 0 fully saturated rings. The molecule has 0 radical (unpaired) electrons. The van der Waals surface area contributed by atoms with E-state index in [1.165, 1.54) is 0 Å². The molecule has 0 unspecified atom stereocenters. The van der Waals surface area contributed by atoms with Crippen LogP contribution >= 0.6 is 0 Å². The van der Waals surface area contributed by atoms with Gasteiger partial charge in [-0.2, -0.15) is 15.3 Å². The zero-order valence-electron chi connectivity index (χ0n) is 6.68. The third kappa shape index (κ3) is 1.18. The van der Waals surface area contributed by atoms with Crippen molar-refractivity contribution >= 4 is 0 Å². The first-order valence-corrected chi connectivity index (χ1v) is 3.63. The summed E-state index contributed by atoms with van der Waals surface area (Å²) in [5, 5.41) is 11.7. The molecule has 0 aromatic carbocycles. The smallest absolute Gasteiger partial charge is 0.0939 e. The van der Waals surface area contributed by atoms with Crippen LogP contribution in [-0.4, -0.2) is 20.0 Å². The number of rotatable bonds is 1. The summed E-state index contributed by atoms with van der Waals surface area (Å²) in [6, 6.07) is 3.83. The highest BCUT2D eigenvalue weighted by molar-refractivity contribution is 5.56. The van der Waals surface area contributed by atoms with Gasteiger partial charge in [-0.25, -0.2) is 0 Å². The second-order valence-corrected chi connectivity index (χ2v) is 2.51. The molecule has 4 nitrogen and oxygen atoms in total. The van der Waals surface area contributed by atoms with Crippen LogP contribution in [0.1, 0.15) is 0 Å². The van der Waals surface area contributed by atoms with Gasteiger partial charge in [0, 0.05) is 18.8 Å². The first-order valence-electron chi connectivity index (χ1n) is 3.63. The zero-order chi connectivity index (χ0) is 8.39. The molecule has 0 aliphatic heterocycles. The van der Waals surface area contributed by atoms with E-state index in [4.69, 9.17) is 0 Å². The molecule has 2 aromatic heterocycles. The summed E-state index contributed by atoms with van der Waals surface area (Å²) in [6.07, 6.45) is 5.25. The molecule has 4 heteroatoms. The van der Waals surface area contributed by atoms with Crippen molar-refractivity contribution < 1.29 is 0 Å². The Morgan fingerprint density at radius 2 is 2.17 bits per heavy atom. The van der Waals surface area contributed by atoms with Gasteiger partial charge in [-0.3, -0.25) is 4.68 Å². The summed E-state index contributed by atoms with van der Waals surface area (Å²) in [5.74, 6) is 0. The lowest BCUT2D eigenvalue weighted by Gasteiger charge is -1.91. The largest absolute Gasteiger partial charge is 0.275 e. The van der Waals surface area contributed by atoms with Crippen LogP contribution in [0.5, 0.6) is 0 Å². The van der Waals surface area contributed by atoms with Gasteiger partial charge < -0.3 is 0 Å². The fourth-order valence-corrected chi connectivity index (χ4v) is 1.01. The Balaban J connectivity index is 2.45. The van der Waals surface area contributed by atoms with Crippen LogP contribution in [0.4, 0.5) is 0 Å². The predicted molar refractivity (Wildman–Crippen MR) is 44.2 cm³/mol. The van der Waals surface area contributed by atoms with Crippen molar-refractivity contribution in [3.63, 3.8) is 0 Å². The molecular weight excluding hydrogens is 152 g/mol. The van der Waals surface area contributed by atoms with Gasteiger partial charge in [-0.05, 0) is 12.1 Å². The Labute approximate surface area is 69.9 Å². The summed E-state index contributed by atoms with van der Waals surface area (Å²) in [4.78, 5) is 0. The van der Waals surface area contributed by atoms with Crippen LogP contribution in [0.2, 0.25) is 0 Å². The molecule has 2 heterocycles. The first-order chi connectivity index (χ1) is 5.86. The molecule has 0 N–H and O–H groups in total. The average molecular weight is 160 g/mol. The van der Waals surface area contributed by atoms with Gasteiger partial charge in [0.1, 0.15) is 0 Å². The van der Waals surface area contributed by atoms with Crippen molar-refractivity contribution in [2.24, 2.45) is 7.05 Å². The topological polar surface area (TPSA) is 43.6 Å². The second kappa shape index (κ2) is 2.73. The van der Waals surface area contributed by atoms with Gasteiger partial charge in [0.05, 0.1) is 18.1 Å². The molecule has 2 rings (SSSR count). The van der Waals surface area contributed by atoms with E-state index in [9.17, 15) is 0 Å². The van der Waals surface area contributed by atoms with Crippen LogP contribution in [-0.2, 0) is 7.05 Å². The Morgan fingerprint density at radius 3 is 2.75 bits per heavy atom. The number of hydrogen-bond donors (Lipinski definition) is 0. The minimum absolute atomic E-state index is 0.924. The average Bonchev–Trinajstić information content (AvgIpc) is 2.54. The molecule has 0 atom stereocenters. The summed E-state index contributed by atoms with van der Waals surface area (Å²) < 4.78 is 1.76. The van der Waals surface area contributed by atoms with Crippen molar-refractivity contribution in [3.05, 3.63) is 30.7 Å². The fraction of sp³-hybridized carbons (Fsp3) is 0.125. The molecule has 0 aliphatic carbocycles. The van der Waals surface area contributed by atoms with E-state index in [1.54, 1.807) is 17.1 Å². The van der Waals surface area contributed by atoms with Gasteiger partial charge in [0.2, 0.25) is 0 Å². The molecule has 0 bridgehead atoms. The van der Waals surface area contributed by atoms with Crippen LogP contribution in [0.15, 0.2) is 30.7 Å². The molecule has 60 valence electrons. The minimum Gasteiger partial charge on any atom is -0.275 e. The van der Waals surface area contributed by atoms with E-state index in [0.29, 0.717) is 0 Å². The Bertz CT molecular complexity index is 366. The van der Waals surface area contributed by atoms with E-state index < -0.39 is 0 Å². The van der Waals surface area contributed by atoms with E-state index in [0.717, 1.165) is 11.3 Å². The van der Waals surface area contributed by atoms with Gasteiger partial charge in [-0.1, -0.05) is 0 Å². The lowest BCUT2D eigenvalue weighted by Crippen LogP contribution is -1.88. The van der Waals surface area contributed by atoms with Crippen molar-refractivity contribution in [1.29, 1.82) is 0 Å². The van der Waals surface area contributed by atoms with E-state index in [1.807, 2.05) is 25.4 Å². The van der Waals surface area contributed by atoms with E-state index in [2.05, 4.69) is 15.3 Å². The molecule has 0 saturated carbocycles. The van der Waals surface area contributed by atoms with E-state index in [-0.39, 0.29) is 0 Å². The predicted octanol–water partition coefficient (Wildman–Crippen LogP) is 0.877. The maximum Gasteiger partial charge on any atom is 0.0939 e. The number of nitrogens with zero attached hydrogens (tertiary/aromatic N) is 4. The normalized spacial score (nSPS) is 10.1. The standard InChI is InChI=1S/C8H8N4/c1-12-5-3-8(11-12)7-2-4-9-10-6-7/h2-6H,1H3. The zero-order valence-corrected chi connectivity index (χ0v) is 6.68. The van der Waals surface area contributed by atoms with Crippen molar-refractivity contribution in [2.75, 3.05) is 0 Å². The first kappa shape index (κ1) is 6.97. The SMILES string of the molecule is Cn1ccc(-c2ccnnc2)n1. The molecule has 0 amide bonds. The summed E-state index contributed by atoms with van der Waals surface area (Å²) in [6.45, 7) is 0. The summed E-state index contributed by atoms with van der Waals surface area (Å²) in [7, 11) is 1.89. The highest BCUT2D eigenvalue weighted by atomic mass is 15.2. The summed E-state index contributed by atoms with van der Waals surface area (Å²) >= 11 is 0. The van der Waals surface area contributed by atoms with E-state index >= 15 is 0 Å². The fourth-order valence-electron chi connectivity index (χ4n) is 1.01. The van der Waals surface area contributed by atoms with Gasteiger partial charge in [0.15, 0.2) is 0 Å². The van der Waals surface area contributed by atoms with Crippen LogP contribution < -0.4 is 0 Å². The molecule has 0 spiro atoms. The maximum absolute atomic E-state index is 4.23. The molecule has 2 aromatic rings. The molecule has 0 aliphatic rings. The number of hydrogen-bond acceptors (Lipinski definition) is 3. The summed E-state index contributed by atoms with van der Waals surface area (Å²) in [5.41, 5.74) is 1.91. The van der Waals surface area contributed by atoms with Gasteiger partial charge >= 0.3 is 0 Å². The van der Waals surface area contributed by atoms with Crippen LogP contribution in [0.25, 0.3) is 11.3 Å². The monoisotopic (exact) mass is 160 g/mol. The molecule has 0 saturated heterocycles. The van der Waals surface area contributed by atoms with Crippen LogP contribution in [0, 0.1) is 0 Å².